The van der Waals surface area contributed by atoms with Gasteiger partial charge in [0, 0.05) is 24.2 Å². The first-order valence-corrected chi connectivity index (χ1v) is 11.3. The first-order chi connectivity index (χ1) is 15.9. The molecule has 0 saturated carbocycles. The van der Waals surface area contributed by atoms with Crippen LogP contribution in [-0.2, 0) is 9.53 Å². The largest absolute Gasteiger partial charge is 0.343 e. The maximum absolute atomic E-state index is 13.4. The molecule has 9 heteroatoms. The Morgan fingerprint density at radius 3 is 2.70 bits per heavy atom. The molecular formula is C24H26FN5O3. The molecule has 0 radical (unpaired) electrons. The van der Waals surface area contributed by atoms with Gasteiger partial charge in [0.15, 0.2) is 11.9 Å². The molecule has 172 valence electrons. The van der Waals surface area contributed by atoms with Crippen molar-refractivity contribution in [3.8, 4) is 11.3 Å². The number of fused-ring (bicyclic) bond motifs is 2. The molecule has 33 heavy (non-hydrogen) atoms. The van der Waals surface area contributed by atoms with Crippen LogP contribution in [0.3, 0.4) is 0 Å². The normalized spacial score (nSPS) is 20.7. The van der Waals surface area contributed by atoms with Crippen LogP contribution in [0.2, 0.25) is 0 Å². The second-order valence-corrected chi connectivity index (χ2v) is 8.81. The van der Waals surface area contributed by atoms with Crippen LogP contribution in [0.5, 0.6) is 0 Å². The van der Waals surface area contributed by atoms with Gasteiger partial charge in [0.2, 0.25) is 0 Å². The third-order valence-corrected chi connectivity index (χ3v) is 6.31. The number of nitrogens with zero attached hydrogens (tertiary/aromatic N) is 5. The number of hydrogen-bond acceptors (Lipinski definition) is 5. The highest BCUT2D eigenvalue weighted by Gasteiger charge is 2.43. The molecule has 0 N–H and O–H groups in total. The molecule has 0 aliphatic carbocycles. The van der Waals surface area contributed by atoms with Gasteiger partial charge in [-0.25, -0.2) is 13.9 Å². The Labute approximate surface area is 191 Å². The van der Waals surface area contributed by atoms with Crippen LogP contribution in [0.25, 0.3) is 16.9 Å². The van der Waals surface area contributed by atoms with Gasteiger partial charge in [-0.3, -0.25) is 9.59 Å². The molecule has 3 aromatic rings. The van der Waals surface area contributed by atoms with Crippen molar-refractivity contribution in [2.45, 2.75) is 45.4 Å². The van der Waals surface area contributed by atoms with Gasteiger partial charge < -0.3 is 14.5 Å². The molecule has 4 heterocycles. The number of benzene rings is 1. The number of amides is 2. The smallest absolute Gasteiger partial charge is 0.274 e. The number of rotatable bonds is 4. The van der Waals surface area contributed by atoms with Crippen LogP contribution in [0.4, 0.5) is 4.39 Å². The lowest BCUT2D eigenvalue weighted by molar-refractivity contribution is -0.131. The first kappa shape index (κ1) is 21.5. The molecule has 0 spiro atoms. The number of hydrogen-bond donors (Lipinski definition) is 0. The van der Waals surface area contributed by atoms with E-state index in [-0.39, 0.29) is 23.5 Å². The highest BCUT2D eigenvalue weighted by Crippen LogP contribution is 2.27. The summed E-state index contributed by atoms with van der Waals surface area (Å²) in [5, 5.41) is 4.63. The Bertz CT molecular complexity index is 1220. The van der Waals surface area contributed by atoms with E-state index in [4.69, 9.17) is 4.74 Å². The molecule has 2 aromatic heterocycles. The van der Waals surface area contributed by atoms with E-state index in [1.54, 1.807) is 32.6 Å². The van der Waals surface area contributed by atoms with Crippen LogP contribution in [0.1, 0.15) is 49.2 Å². The third kappa shape index (κ3) is 3.76. The fourth-order valence-electron chi connectivity index (χ4n) is 4.46. The second kappa shape index (κ2) is 8.22. The van der Waals surface area contributed by atoms with Crippen LogP contribution in [0, 0.1) is 5.82 Å². The summed E-state index contributed by atoms with van der Waals surface area (Å²) in [5.74, 6) is -0.374. The van der Waals surface area contributed by atoms with Gasteiger partial charge in [0.25, 0.3) is 11.8 Å². The highest BCUT2D eigenvalue weighted by atomic mass is 19.1. The quantitative estimate of drug-likeness (QED) is 0.609. The Hall–Kier alpha value is -3.33. The monoisotopic (exact) mass is 451 g/mol. The van der Waals surface area contributed by atoms with Gasteiger partial charge >= 0.3 is 0 Å². The molecule has 2 aliphatic heterocycles. The SMILES string of the molecule is CC[C@H]1O[C@H]2CN(C(=O)c3cn4nc(-c5ccc(F)cc5)cc(C(C)C)c4n3)CCN2C1=O. The standard InChI is InChI=1S/C24H26FN5O3/c1-4-20-24(32)29-10-9-28(13-21(29)33-20)23(31)19-12-30-22(26-19)17(14(2)3)11-18(27-30)15-5-7-16(25)8-6-15/h5-8,11-12,14,20-21H,4,9-10,13H2,1-3H3/t20-,21+/m1/s1. The van der Waals surface area contributed by atoms with Crippen molar-refractivity contribution < 1.29 is 18.7 Å². The molecule has 2 amide bonds. The van der Waals surface area contributed by atoms with Gasteiger partial charge in [0.1, 0.15) is 17.6 Å². The maximum Gasteiger partial charge on any atom is 0.274 e. The predicted octanol–water partition coefficient (Wildman–Crippen LogP) is 3.08. The molecule has 5 rings (SSSR count). The minimum absolute atomic E-state index is 0.00132. The van der Waals surface area contributed by atoms with E-state index in [1.807, 2.05) is 13.0 Å². The van der Waals surface area contributed by atoms with Crippen LogP contribution in [-0.4, -0.2) is 68.2 Å². The average Bonchev–Trinajstić information content (AvgIpc) is 3.38. The maximum atomic E-state index is 13.4. The fraction of sp³-hybridized carbons (Fsp3) is 0.417. The summed E-state index contributed by atoms with van der Waals surface area (Å²) in [5.41, 5.74) is 3.33. The Morgan fingerprint density at radius 2 is 2.00 bits per heavy atom. The molecular weight excluding hydrogens is 425 g/mol. The summed E-state index contributed by atoms with van der Waals surface area (Å²) >= 11 is 0. The van der Waals surface area contributed by atoms with Crippen molar-refractivity contribution in [2.75, 3.05) is 19.6 Å². The van der Waals surface area contributed by atoms with E-state index in [2.05, 4.69) is 23.9 Å². The minimum Gasteiger partial charge on any atom is -0.343 e. The molecule has 2 saturated heterocycles. The molecule has 2 aliphatic rings. The van der Waals surface area contributed by atoms with Gasteiger partial charge in [-0.1, -0.05) is 20.8 Å². The molecule has 1 aromatic carbocycles. The second-order valence-electron chi connectivity index (χ2n) is 8.81. The van der Waals surface area contributed by atoms with Crippen LogP contribution < -0.4 is 0 Å². The Balaban J connectivity index is 1.45. The number of piperazine rings is 1. The number of aromatic nitrogens is 3. The van der Waals surface area contributed by atoms with Crippen molar-refractivity contribution in [1.82, 2.24) is 24.4 Å². The molecule has 0 unspecified atom stereocenters. The Kier molecular flexibility index (Phi) is 5.36. The van der Waals surface area contributed by atoms with E-state index < -0.39 is 12.3 Å². The number of carbonyl (C=O) groups is 2. The lowest BCUT2D eigenvalue weighted by atomic mass is 10.0. The van der Waals surface area contributed by atoms with Gasteiger partial charge in [-0.05, 0) is 42.7 Å². The zero-order valence-corrected chi connectivity index (χ0v) is 18.9. The van der Waals surface area contributed by atoms with E-state index in [0.717, 1.165) is 11.1 Å². The van der Waals surface area contributed by atoms with Gasteiger partial charge in [-0.15, -0.1) is 0 Å². The first-order valence-electron chi connectivity index (χ1n) is 11.3. The zero-order chi connectivity index (χ0) is 23.3. The predicted molar refractivity (Wildman–Crippen MR) is 119 cm³/mol. The van der Waals surface area contributed by atoms with Crippen molar-refractivity contribution in [3.05, 3.63) is 53.6 Å². The summed E-state index contributed by atoms with van der Waals surface area (Å²) in [7, 11) is 0. The fourth-order valence-corrected chi connectivity index (χ4v) is 4.46. The number of halogens is 1. The third-order valence-electron chi connectivity index (χ3n) is 6.31. The van der Waals surface area contributed by atoms with E-state index in [0.29, 0.717) is 43.1 Å². The van der Waals surface area contributed by atoms with Crippen LogP contribution >= 0.6 is 0 Å². The number of imidazole rings is 1. The van der Waals surface area contributed by atoms with Crippen molar-refractivity contribution in [2.24, 2.45) is 0 Å². The minimum atomic E-state index is -0.428. The highest BCUT2D eigenvalue weighted by molar-refractivity contribution is 5.93. The van der Waals surface area contributed by atoms with E-state index in [9.17, 15) is 14.0 Å². The van der Waals surface area contributed by atoms with Crippen LogP contribution in [0.15, 0.2) is 36.5 Å². The van der Waals surface area contributed by atoms with Gasteiger partial charge in [0.05, 0.1) is 18.4 Å². The summed E-state index contributed by atoms with van der Waals surface area (Å²) in [6, 6.07) is 8.11. The summed E-state index contributed by atoms with van der Waals surface area (Å²) in [6.07, 6.45) is 1.42. The molecule has 2 atom stereocenters. The number of carbonyl (C=O) groups excluding carboxylic acids is 2. The zero-order valence-electron chi connectivity index (χ0n) is 18.9. The lowest BCUT2D eigenvalue weighted by Gasteiger charge is -2.35. The summed E-state index contributed by atoms with van der Waals surface area (Å²) < 4.78 is 20.8. The average molecular weight is 452 g/mol. The van der Waals surface area contributed by atoms with E-state index in [1.165, 1.54) is 12.1 Å². The van der Waals surface area contributed by atoms with Gasteiger partial charge in [-0.2, -0.15) is 5.10 Å². The molecule has 2 fully saturated rings. The molecule has 8 nitrogen and oxygen atoms in total. The van der Waals surface area contributed by atoms with Crippen molar-refractivity contribution in [1.29, 1.82) is 0 Å². The number of ether oxygens (including phenoxy) is 1. The Morgan fingerprint density at radius 1 is 1.24 bits per heavy atom. The lowest BCUT2D eigenvalue weighted by Crippen LogP contribution is -2.53. The topological polar surface area (TPSA) is 80.0 Å². The van der Waals surface area contributed by atoms with Crippen molar-refractivity contribution in [3.63, 3.8) is 0 Å². The molecule has 0 bridgehead atoms. The van der Waals surface area contributed by atoms with E-state index >= 15 is 0 Å². The summed E-state index contributed by atoms with van der Waals surface area (Å²) in [4.78, 5) is 33.7. The summed E-state index contributed by atoms with van der Waals surface area (Å²) in [6.45, 7) is 7.22. The van der Waals surface area contributed by atoms with Crippen molar-refractivity contribution >= 4 is 17.5 Å².